The van der Waals surface area contributed by atoms with Crippen molar-refractivity contribution in [1.29, 1.82) is 0 Å². The SMILES string of the molecule is C=CC(C/C=C\C)N(C(=O)C(C)CC)C1CC(C)N(C(=O)c2ccc(C(C)(C)C)cc2)c2ccccc21. The molecule has 0 aliphatic carbocycles. The molecule has 0 N–H and O–H groups in total. The Morgan fingerprint density at radius 2 is 1.78 bits per heavy atom. The standard InChI is InChI=1S/C33H44N2O2/c1-9-12-15-27(11-3)35(31(36)23(4)10-2)30-22-24(5)34(29-17-14-13-16-28(29)30)32(37)25-18-20-26(21-19-25)33(6,7)8/h9,11-14,16-21,23-24,27,30H,3,10,15,22H2,1-2,4-8H3/b12-9-. The van der Waals surface area contributed by atoms with Crippen molar-refractivity contribution in [1.82, 2.24) is 4.90 Å². The molecule has 3 rings (SSSR count). The molecule has 0 bridgehead atoms. The molecule has 0 aromatic heterocycles. The molecular weight excluding hydrogens is 456 g/mol. The molecule has 4 unspecified atom stereocenters. The van der Waals surface area contributed by atoms with Crippen molar-refractivity contribution in [2.24, 2.45) is 5.92 Å². The van der Waals surface area contributed by atoms with Crippen LogP contribution in [0.4, 0.5) is 5.69 Å². The first kappa shape index (κ1) is 28.4. The Labute approximate surface area is 224 Å². The number of fused-ring (bicyclic) bond motifs is 1. The molecule has 1 aliphatic rings. The predicted octanol–water partition coefficient (Wildman–Crippen LogP) is 7.86. The van der Waals surface area contributed by atoms with Gasteiger partial charge in [0.05, 0.1) is 12.1 Å². The molecule has 198 valence electrons. The summed E-state index contributed by atoms with van der Waals surface area (Å²) in [5.74, 6) is 0.0471. The number of amides is 2. The van der Waals surface area contributed by atoms with Gasteiger partial charge >= 0.3 is 0 Å². The van der Waals surface area contributed by atoms with Crippen LogP contribution in [0.5, 0.6) is 0 Å². The lowest BCUT2D eigenvalue weighted by Crippen LogP contribution is -2.51. The Kier molecular flexibility index (Phi) is 9.17. The first-order valence-electron chi connectivity index (χ1n) is 13.6. The molecule has 4 heteroatoms. The van der Waals surface area contributed by atoms with Crippen LogP contribution in [-0.4, -0.2) is 28.8 Å². The summed E-state index contributed by atoms with van der Waals surface area (Å²) in [5, 5.41) is 0. The van der Waals surface area contributed by atoms with Gasteiger partial charge in [-0.3, -0.25) is 9.59 Å². The lowest BCUT2D eigenvalue weighted by Gasteiger charge is -2.46. The van der Waals surface area contributed by atoms with E-state index in [1.807, 2.05) is 66.1 Å². The Morgan fingerprint density at radius 1 is 1.14 bits per heavy atom. The molecule has 2 aromatic carbocycles. The second-order valence-corrected chi connectivity index (χ2v) is 11.3. The van der Waals surface area contributed by atoms with Crippen molar-refractivity contribution in [3.63, 3.8) is 0 Å². The molecule has 1 heterocycles. The topological polar surface area (TPSA) is 40.6 Å². The maximum Gasteiger partial charge on any atom is 0.258 e. The summed E-state index contributed by atoms with van der Waals surface area (Å²) in [6, 6.07) is 15.7. The summed E-state index contributed by atoms with van der Waals surface area (Å²) in [7, 11) is 0. The van der Waals surface area contributed by atoms with Gasteiger partial charge in [0, 0.05) is 23.2 Å². The van der Waals surface area contributed by atoms with E-state index in [1.54, 1.807) is 0 Å². The molecule has 4 atom stereocenters. The van der Waals surface area contributed by atoms with Crippen LogP contribution in [0.1, 0.15) is 95.3 Å². The summed E-state index contributed by atoms with van der Waals surface area (Å²) in [5.41, 5.74) is 3.81. The third-order valence-corrected chi connectivity index (χ3v) is 7.64. The highest BCUT2D eigenvalue weighted by Gasteiger charge is 2.40. The number of anilines is 1. The van der Waals surface area contributed by atoms with Crippen LogP contribution in [-0.2, 0) is 10.2 Å². The number of hydrogen-bond acceptors (Lipinski definition) is 2. The van der Waals surface area contributed by atoms with Crippen molar-refractivity contribution in [2.45, 2.75) is 91.3 Å². The van der Waals surface area contributed by atoms with Gasteiger partial charge in [-0.25, -0.2) is 0 Å². The van der Waals surface area contributed by atoms with Crippen LogP contribution >= 0.6 is 0 Å². The second-order valence-electron chi connectivity index (χ2n) is 11.3. The van der Waals surface area contributed by atoms with E-state index in [-0.39, 0.29) is 41.3 Å². The largest absolute Gasteiger partial charge is 0.329 e. The highest BCUT2D eigenvalue weighted by Crippen LogP contribution is 2.43. The van der Waals surface area contributed by atoms with E-state index in [0.717, 1.165) is 24.1 Å². The average Bonchev–Trinajstić information content (AvgIpc) is 2.89. The lowest BCUT2D eigenvalue weighted by molar-refractivity contribution is -0.139. The van der Waals surface area contributed by atoms with Crippen LogP contribution in [0, 0.1) is 5.92 Å². The fraction of sp³-hybridized carbons (Fsp3) is 0.455. The molecule has 0 radical (unpaired) electrons. The maximum atomic E-state index is 13.9. The average molecular weight is 501 g/mol. The zero-order valence-corrected chi connectivity index (χ0v) is 23.7. The monoisotopic (exact) mass is 500 g/mol. The highest BCUT2D eigenvalue weighted by atomic mass is 16.2. The molecule has 0 saturated heterocycles. The van der Waals surface area contributed by atoms with Crippen molar-refractivity contribution >= 4 is 17.5 Å². The third-order valence-electron chi connectivity index (χ3n) is 7.64. The van der Waals surface area contributed by atoms with E-state index in [0.29, 0.717) is 12.0 Å². The summed E-state index contributed by atoms with van der Waals surface area (Å²) >= 11 is 0. The summed E-state index contributed by atoms with van der Waals surface area (Å²) in [6.45, 7) is 18.7. The Hall–Kier alpha value is -3.14. The minimum atomic E-state index is -0.131. The van der Waals surface area contributed by atoms with Crippen LogP contribution in [0.15, 0.2) is 73.3 Å². The fourth-order valence-electron chi connectivity index (χ4n) is 5.18. The quantitative estimate of drug-likeness (QED) is 0.346. The molecule has 2 amide bonds. The van der Waals surface area contributed by atoms with E-state index in [1.165, 1.54) is 5.56 Å². The van der Waals surface area contributed by atoms with Gasteiger partial charge in [-0.05, 0) is 67.9 Å². The first-order valence-corrected chi connectivity index (χ1v) is 13.6. The molecule has 1 aliphatic heterocycles. The van der Waals surface area contributed by atoms with Gasteiger partial charge < -0.3 is 9.80 Å². The number of rotatable bonds is 8. The Balaban J connectivity index is 2.06. The smallest absolute Gasteiger partial charge is 0.258 e. The van der Waals surface area contributed by atoms with E-state index in [9.17, 15) is 9.59 Å². The van der Waals surface area contributed by atoms with Crippen LogP contribution in [0.2, 0.25) is 0 Å². The van der Waals surface area contributed by atoms with E-state index >= 15 is 0 Å². The van der Waals surface area contributed by atoms with Crippen molar-refractivity contribution < 1.29 is 9.59 Å². The van der Waals surface area contributed by atoms with Gasteiger partial charge in [-0.1, -0.05) is 83.2 Å². The fourth-order valence-corrected chi connectivity index (χ4v) is 5.18. The summed E-state index contributed by atoms with van der Waals surface area (Å²) < 4.78 is 0. The number of para-hydroxylation sites is 1. The van der Waals surface area contributed by atoms with Crippen LogP contribution in [0.25, 0.3) is 0 Å². The molecule has 4 nitrogen and oxygen atoms in total. The van der Waals surface area contributed by atoms with Gasteiger partial charge in [-0.2, -0.15) is 0 Å². The number of allylic oxidation sites excluding steroid dienone is 1. The van der Waals surface area contributed by atoms with Gasteiger partial charge in [0.25, 0.3) is 5.91 Å². The van der Waals surface area contributed by atoms with Crippen LogP contribution < -0.4 is 4.90 Å². The van der Waals surface area contributed by atoms with Gasteiger partial charge in [0.2, 0.25) is 5.91 Å². The number of nitrogens with zero attached hydrogens (tertiary/aromatic N) is 2. The Bertz CT molecular complexity index is 1130. The summed E-state index contributed by atoms with van der Waals surface area (Å²) in [4.78, 5) is 31.6. The molecular formula is C33H44N2O2. The maximum absolute atomic E-state index is 13.9. The minimum absolute atomic E-state index is 0.00662. The second kappa shape index (κ2) is 11.9. The predicted molar refractivity (Wildman–Crippen MR) is 155 cm³/mol. The van der Waals surface area contributed by atoms with Gasteiger partial charge in [0.1, 0.15) is 0 Å². The zero-order valence-electron chi connectivity index (χ0n) is 23.7. The molecule has 37 heavy (non-hydrogen) atoms. The highest BCUT2D eigenvalue weighted by molar-refractivity contribution is 6.07. The van der Waals surface area contributed by atoms with Gasteiger partial charge in [0.15, 0.2) is 0 Å². The molecule has 2 aromatic rings. The Morgan fingerprint density at radius 3 is 2.35 bits per heavy atom. The van der Waals surface area contributed by atoms with E-state index in [4.69, 9.17) is 0 Å². The number of carbonyl (C=O) groups is 2. The van der Waals surface area contributed by atoms with Crippen molar-refractivity contribution in [2.75, 3.05) is 4.90 Å². The molecule has 0 fully saturated rings. The number of benzene rings is 2. The normalized spacial score (nSPS) is 19.3. The van der Waals surface area contributed by atoms with E-state index < -0.39 is 0 Å². The summed E-state index contributed by atoms with van der Waals surface area (Å²) in [6.07, 6.45) is 8.18. The van der Waals surface area contributed by atoms with Crippen molar-refractivity contribution in [3.8, 4) is 0 Å². The van der Waals surface area contributed by atoms with Gasteiger partial charge in [-0.15, -0.1) is 6.58 Å². The number of hydrogen-bond donors (Lipinski definition) is 0. The van der Waals surface area contributed by atoms with Crippen LogP contribution in [0.3, 0.4) is 0 Å². The zero-order chi connectivity index (χ0) is 27.3. The van der Waals surface area contributed by atoms with E-state index in [2.05, 4.69) is 65.5 Å². The first-order chi connectivity index (χ1) is 17.5. The molecule has 0 spiro atoms. The third kappa shape index (κ3) is 6.06. The minimum Gasteiger partial charge on any atom is -0.329 e. The lowest BCUT2D eigenvalue weighted by atomic mass is 9.86. The number of carbonyl (C=O) groups excluding carboxylic acids is 2. The van der Waals surface area contributed by atoms with Crippen molar-refractivity contribution in [3.05, 3.63) is 90.0 Å². The molecule has 0 saturated carbocycles.